The van der Waals surface area contributed by atoms with E-state index in [4.69, 9.17) is 11.6 Å². The standard InChI is InChI=1S/C22H26ClN5O/c1-22(2,3)28-18-7-5-4-6-17(18)25-21(28)26-20(29)15-10-12-27(13-11-15)19-9-8-16(23)14-24-19/h4-9,14-15H,10-13H2,1-3H3,(H,25,26,29). The van der Waals surface area contributed by atoms with Crippen LogP contribution in [-0.4, -0.2) is 33.5 Å². The second kappa shape index (κ2) is 7.67. The molecule has 1 aliphatic heterocycles. The van der Waals surface area contributed by atoms with E-state index in [9.17, 15) is 4.79 Å². The van der Waals surface area contributed by atoms with E-state index < -0.39 is 0 Å². The van der Waals surface area contributed by atoms with Gasteiger partial charge in [0.25, 0.3) is 0 Å². The van der Waals surface area contributed by atoms with Crippen LogP contribution in [0.3, 0.4) is 0 Å². The monoisotopic (exact) mass is 411 g/mol. The van der Waals surface area contributed by atoms with Crippen LogP contribution in [0.2, 0.25) is 5.02 Å². The third-order valence-electron chi connectivity index (χ3n) is 5.37. The molecule has 1 aliphatic rings. The SMILES string of the molecule is CC(C)(C)n1c(NC(=O)C2CCN(c3ccc(Cl)cn3)CC2)nc2ccccc21. The van der Waals surface area contributed by atoms with Crippen molar-refractivity contribution >= 4 is 40.3 Å². The van der Waals surface area contributed by atoms with E-state index in [-0.39, 0.29) is 17.4 Å². The number of rotatable bonds is 3. The third kappa shape index (κ3) is 4.08. The number of aromatic nitrogens is 3. The first-order valence-electron chi connectivity index (χ1n) is 9.98. The molecule has 0 aliphatic carbocycles. The van der Waals surface area contributed by atoms with E-state index in [1.807, 2.05) is 36.4 Å². The zero-order valence-corrected chi connectivity index (χ0v) is 17.8. The zero-order valence-electron chi connectivity index (χ0n) is 17.0. The molecular formula is C22H26ClN5O. The number of para-hydroxylation sites is 2. The van der Waals surface area contributed by atoms with Crippen molar-refractivity contribution < 1.29 is 4.79 Å². The summed E-state index contributed by atoms with van der Waals surface area (Å²) >= 11 is 5.92. The van der Waals surface area contributed by atoms with E-state index in [1.165, 1.54) is 0 Å². The average Bonchev–Trinajstić information content (AvgIpc) is 3.07. The topological polar surface area (TPSA) is 63.1 Å². The number of halogens is 1. The highest BCUT2D eigenvalue weighted by atomic mass is 35.5. The molecule has 7 heteroatoms. The third-order valence-corrected chi connectivity index (χ3v) is 5.59. The molecule has 2 aromatic heterocycles. The van der Waals surface area contributed by atoms with Gasteiger partial charge in [-0.1, -0.05) is 23.7 Å². The van der Waals surface area contributed by atoms with E-state index >= 15 is 0 Å². The number of hydrogen-bond donors (Lipinski definition) is 1. The minimum absolute atomic E-state index is 0.0354. The maximum Gasteiger partial charge on any atom is 0.229 e. The fourth-order valence-electron chi connectivity index (χ4n) is 3.93. The van der Waals surface area contributed by atoms with E-state index in [2.05, 4.69) is 45.5 Å². The molecule has 0 unspecified atom stereocenters. The Labute approximate surface area is 175 Å². The van der Waals surface area contributed by atoms with Gasteiger partial charge in [-0.15, -0.1) is 0 Å². The lowest BCUT2D eigenvalue weighted by Crippen LogP contribution is -2.39. The Morgan fingerprint density at radius 3 is 2.52 bits per heavy atom. The van der Waals surface area contributed by atoms with Crippen molar-refractivity contribution in [1.29, 1.82) is 0 Å². The molecule has 3 heterocycles. The van der Waals surface area contributed by atoms with Gasteiger partial charge in [-0.25, -0.2) is 9.97 Å². The van der Waals surface area contributed by atoms with Crippen LogP contribution in [0.1, 0.15) is 33.6 Å². The van der Waals surface area contributed by atoms with Gasteiger partial charge in [-0.05, 0) is 57.9 Å². The van der Waals surface area contributed by atoms with Gasteiger partial charge in [0.2, 0.25) is 11.9 Å². The summed E-state index contributed by atoms with van der Waals surface area (Å²) in [6, 6.07) is 11.8. The molecule has 3 aromatic rings. The number of amides is 1. The summed E-state index contributed by atoms with van der Waals surface area (Å²) in [4.78, 5) is 24.3. The molecule has 1 fully saturated rings. The molecule has 0 saturated carbocycles. The number of pyridine rings is 1. The quantitative estimate of drug-likeness (QED) is 0.678. The van der Waals surface area contributed by atoms with Crippen molar-refractivity contribution in [2.24, 2.45) is 5.92 Å². The van der Waals surface area contributed by atoms with Crippen molar-refractivity contribution in [3.8, 4) is 0 Å². The van der Waals surface area contributed by atoms with Gasteiger partial charge in [0.15, 0.2) is 0 Å². The van der Waals surface area contributed by atoms with Crippen LogP contribution in [0.4, 0.5) is 11.8 Å². The molecule has 6 nitrogen and oxygen atoms in total. The second-order valence-corrected chi connectivity index (χ2v) is 8.95. The van der Waals surface area contributed by atoms with Gasteiger partial charge in [-0.2, -0.15) is 0 Å². The summed E-state index contributed by atoms with van der Waals surface area (Å²) in [7, 11) is 0. The van der Waals surface area contributed by atoms with Crippen LogP contribution in [0.5, 0.6) is 0 Å². The molecule has 4 rings (SSSR count). The average molecular weight is 412 g/mol. The molecule has 0 radical (unpaired) electrons. The number of benzene rings is 1. The fourth-order valence-corrected chi connectivity index (χ4v) is 4.04. The number of carbonyl (C=O) groups is 1. The number of nitrogens with zero attached hydrogens (tertiary/aromatic N) is 4. The van der Waals surface area contributed by atoms with Crippen molar-refractivity contribution in [2.75, 3.05) is 23.3 Å². The van der Waals surface area contributed by atoms with Gasteiger partial charge < -0.3 is 9.47 Å². The first kappa shape index (κ1) is 19.7. The first-order chi connectivity index (χ1) is 13.8. The fraction of sp³-hybridized carbons (Fsp3) is 0.409. The van der Waals surface area contributed by atoms with E-state index in [1.54, 1.807) is 6.20 Å². The Morgan fingerprint density at radius 2 is 1.86 bits per heavy atom. The number of anilines is 2. The van der Waals surface area contributed by atoms with Gasteiger partial charge >= 0.3 is 0 Å². The molecule has 0 spiro atoms. The molecule has 1 amide bonds. The minimum atomic E-state index is -0.192. The number of imidazole rings is 1. The maximum atomic E-state index is 13.0. The largest absolute Gasteiger partial charge is 0.357 e. The number of nitrogens with one attached hydrogen (secondary N) is 1. The maximum absolute atomic E-state index is 13.0. The number of carbonyl (C=O) groups excluding carboxylic acids is 1. The molecule has 1 aromatic carbocycles. The molecule has 1 saturated heterocycles. The van der Waals surface area contributed by atoms with Crippen LogP contribution in [-0.2, 0) is 10.3 Å². The summed E-state index contributed by atoms with van der Waals surface area (Å²) in [5.74, 6) is 1.52. The molecule has 152 valence electrons. The van der Waals surface area contributed by atoms with Crippen LogP contribution in [0, 0.1) is 5.92 Å². The van der Waals surface area contributed by atoms with E-state index in [0.29, 0.717) is 11.0 Å². The van der Waals surface area contributed by atoms with Crippen molar-refractivity contribution in [2.45, 2.75) is 39.2 Å². The summed E-state index contributed by atoms with van der Waals surface area (Å²) in [5, 5.41) is 3.73. The summed E-state index contributed by atoms with van der Waals surface area (Å²) < 4.78 is 2.10. The van der Waals surface area contributed by atoms with Crippen molar-refractivity contribution in [3.63, 3.8) is 0 Å². The smallest absolute Gasteiger partial charge is 0.229 e. The predicted octanol–water partition coefficient (Wildman–Crippen LogP) is 4.69. The Kier molecular flexibility index (Phi) is 5.21. The summed E-state index contributed by atoms with van der Waals surface area (Å²) in [6.45, 7) is 7.95. The lowest BCUT2D eigenvalue weighted by Gasteiger charge is -2.32. The zero-order chi connectivity index (χ0) is 20.6. The highest BCUT2D eigenvalue weighted by Gasteiger charge is 2.28. The number of fused-ring (bicyclic) bond motifs is 1. The normalized spacial score (nSPS) is 15.7. The minimum Gasteiger partial charge on any atom is -0.357 e. The van der Waals surface area contributed by atoms with Crippen LogP contribution >= 0.6 is 11.6 Å². The molecule has 1 N–H and O–H groups in total. The lowest BCUT2D eigenvalue weighted by atomic mass is 9.96. The highest BCUT2D eigenvalue weighted by Crippen LogP contribution is 2.29. The van der Waals surface area contributed by atoms with Gasteiger partial charge in [0.05, 0.1) is 16.1 Å². The van der Waals surface area contributed by atoms with Gasteiger partial charge in [0, 0.05) is 30.7 Å². The number of piperidine rings is 1. The Bertz CT molecular complexity index is 1010. The van der Waals surface area contributed by atoms with Crippen molar-refractivity contribution in [3.05, 3.63) is 47.6 Å². The first-order valence-corrected chi connectivity index (χ1v) is 10.4. The van der Waals surface area contributed by atoms with Gasteiger partial charge in [-0.3, -0.25) is 10.1 Å². The van der Waals surface area contributed by atoms with Crippen LogP contribution in [0.15, 0.2) is 42.6 Å². The Hall–Kier alpha value is -2.60. The molecule has 0 bridgehead atoms. The Morgan fingerprint density at radius 1 is 1.14 bits per heavy atom. The second-order valence-electron chi connectivity index (χ2n) is 8.52. The Balaban J connectivity index is 1.47. The predicted molar refractivity (Wildman–Crippen MR) is 118 cm³/mol. The number of hydrogen-bond acceptors (Lipinski definition) is 4. The molecular weight excluding hydrogens is 386 g/mol. The van der Waals surface area contributed by atoms with E-state index in [0.717, 1.165) is 42.8 Å². The summed E-state index contributed by atoms with van der Waals surface area (Å²) in [6.07, 6.45) is 3.23. The van der Waals surface area contributed by atoms with Crippen LogP contribution in [0.25, 0.3) is 11.0 Å². The summed E-state index contributed by atoms with van der Waals surface area (Å²) in [5.41, 5.74) is 1.72. The lowest BCUT2D eigenvalue weighted by molar-refractivity contribution is -0.120. The molecule has 29 heavy (non-hydrogen) atoms. The van der Waals surface area contributed by atoms with Crippen molar-refractivity contribution in [1.82, 2.24) is 14.5 Å². The van der Waals surface area contributed by atoms with Gasteiger partial charge in [0.1, 0.15) is 5.82 Å². The van der Waals surface area contributed by atoms with Crippen LogP contribution < -0.4 is 10.2 Å². The molecule has 0 atom stereocenters. The highest BCUT2D eigenvalue weighted by molar-refractivity contribution is 6.30.